The summed E-state index contributed by atoms with van der Waals surface area (Å²) in [5.74, 6) is -0.653. The van der Waals surface area contributed by atoms with Crippen LogP contribution in [-0.2, 0) is 24.3 Å². The number of hydrogen-bond donors (Lipinski definition) is 1. The fraction of sp³-hybridized carbons (Fsp3) is 0.231. The highest BCUT2D eigenvalue weighted by Crippen LogP contribution is 2.44. The number of benzene rings is 3. The third kappa shape index (κ3) is 4.65. The summed E-state index contributed by atoms with van der Waals surface area (Å²) >= 11 is 0. The molecule has 8 nitrogen and oxygen atoms in total. The molecule has 0 aromatic heterocycles. The fourth-order valence-electron chi connectivity index (χ4n) is 4.37. The highest BCUT2D eigenvalue weighted by atomic mass is 32.2. The van der Waals surface area contributed by atoms with Crippen molar-refractivity contribution in [3.8, 4) is 11.5 Å². The van der Waals surface area contributed by atoms with E-state index in [4.69, 9.17) is 9.47 Å². The Morgan fingerprint density at radius 2 is 1.46 bits per heavy atom. The second-order valence-corrected chi connectivity index (χ2v) is 10.3. The van der Waals surface area contributed by atoms with E-state index in [1.807, 2.05) is 24.3 Å². The molecule has 3 aromatic rings. The summed E-state index contributed by atoms with van der Waals surface area (Å²) in [4.78, 5) is 25.7. The van der Waals surface area contributed by atoms with Crippen LogP contribution in [0.2, 0.25) is 0 Å². The number of para-hydroxylation sites is 2. The predicted molar refractivity (Wildman–Crippen MR) is 129 cm³/mol. The molecule has 9 heteroatoms. The zero-order valence-corrected chi connectivity index (χ0v) is 19.7. The number of amides is 1. The molecule has 1 amide bonds. The number of nitrogens with one attached hydrogen (secondary N) is 1. The molecule has 1 saturated heterocycles. The van der Waals surface area contributed by atoms with Crippen molar-refractivity contribution in [2.75, 3.05) is 25.0 Å². The molecule has 2 aliphatic heterocycles. The highest BCUT2D eigenvalue weighted by Gasteiger charge is 2.34. The van der Waals surface area contributed by atoms with Crippen LogP contribution in [0.15, 0.2) is 77.7 Å². The Balaban J connectivity index is 1.23. The molecule has 2 heterocycles. The minimum Gasteiger partial charge on any atom is -0.457 e. The van der Waals surface area contributed by atoms with E-state index >= 15 is 0 Å². The van der Waals surface area contributed by atoms with E-state index in [2.05, 4.69) is 5.32 Å². The number of sulfonamides is 1. The minimum absolute atomic E-state index is 0.181. The first-order valence-electron chi connectivity index (χ1n) is 11.4. The molecule has 0 spiro atoms. The average molecular weight is 493 g/mol. The van der Waals surface area contributed by atoms with Gasteiger partial charge in [-0.2, -0.15) is 4.31 Å². The lowest BCUT2D eigenvalue weighted by molar-refractivity contribution is -0.148. The van der Waals surface area contributed by atoms with Gasteiger partial charge < -0.3 is 14.8 Å². The largest absolute Gasteiger partial charge is 0.457 e. The molecule has 0 atom stereocenters. The lowest BCUT2D eigenvalue weighted by Crippen LogP contribution is -2.28. The van der Waals surface area contributed by atoms with Gasteiger partial charge in [0.05, 0.1) is 4.90 Å². The molecule has 0 unspecified atom stereocenters. The summed E-state index contributed by atoms with van der Waals surface area (Å²) < 4.78 is 38.0. The van der Waals surface area contributed by atoms with Crippen molar-refractivity contribution in [3.63, 3.8) is 0 Å². The molecule has 0 bridgehead atoms. The first kappa shape index (κ1) is 23.1. The SMILES string of the molecule is O=C(COC(=O)C1c2ccccc2Oc2ccccc21)Nc1ccc(S(=O)(=O)N2CCCC2)cc1. The van der Waals surface area contributed by atoms with Crippen LogP contribution >= 0.6 is 0 Å². The number of hydrogen-bond acceptors (Lipinski definition) is 6. The van der Waals surface area contributed by atoms with E-state index in [-0.39, 0.29) is 4.90 Å². The van der Waals surface area contributed by atoms with Crippen molar-refractivity contribution in [2.45, 2.75) is 23.7 Å². The van der Waals surface area contributed by atoms with E-state index < -0.39 is 34.4 Å². The van der Waals surface area contributed by atoms with Crippen LogP contribution in [0.3, 0.4) is 0 Å². The third-order valence-corrected chi connectivity index (χ3v) is 8.01. The van der Waals surface area contributed by atoms with Gasteiger partial charge in [-0.25, -0.2) is 8.42 Å². The van der Waals surface area contributed by atoms with Gasteiger partial charge in [0, 0.05) is 29.9 Å². The highest BCUT2D eigenvalue weighted by molar-refractivity contribution is 7.89. The summed E-state index contributed by atoms with van der Waals surface area (Å²) in [5, 5.41) is 2.64. The first-order chi connectivity index (χ1) is 16.9. The monoisotopic (exact) mass is 492 g/mol. The number of esters is 1. The van der Waals surface area contributed by atoms with Gasteiger partial charge in [-0.1, -0.05) is 36.4 Å². The smallest absolute Gasteiger partial charge is 0.318 e. The molecular formula is C26H24N2O6S. The maximum atomic E-state index is 13.0. The topological polar surface area (TPSA) is 102 Å². The lowest BCUT2D eigenvalue weighted by atomic mass is 9.88. The molecule has 5 rings (SSSR count). The third-order valence-electron chi connectivity index (χ3n) is 6.10. The molecular weight excluding hydrogens is 468 g/mol. The van der Waals surface area contributed by atoms with Crippen LogP contribution in [0, 0.1) is 0 Å². The Labute approximate surface area is 203 Å². The van der Waals surface area contributed by atoms with Crippen LogP contribution in [0.5, 0.6) is 11.5 Å². The van der Waals surface area contributed by atoms with E-state index in [9.17, 15) is 18.0 Å². The van der Waals surface area contributed by atoms with Gasteiger partial charge >= 0.3 is 5.97 Å². The predicted octanol–water partition coefficient (Wildman–Crippen LogP) is 3.89. The average Bonchev–Trinajstić information content (AvgIpc) is 3.42. The Hall–Kier alpha value is -3.69. The number of carbonyl (C=O) groups excluding carboxylic acids is 2. The molecule has 0 radical (unpaired) electrons. The molecule has 35 heavy (non-hydrogen) atoms. The number of anilines is 1. The normalized spacial score (nSPS) is 15.5. The summed E-state index contributed by atoms with van der Waals surface area (Å²) in [6, 6.07) is 20.4. The maximum absolute atomic E-state index is 13.0. The fourth-order valence-corrected chi connectivity index (χ4v) is 5.89. The number of ether oxygens (including phenoxy) is 2. The number of carbonyl (C=O) groups is 2. The van der Waals surface area contributed by atoms with Gasteiger partial charge in [-0.15, -0.1) is 0 Å². The molecule has 1 N–H and O–H groups in total. The summed E-state index contributed by atoms with van der Waals surface area (Å²) in [7, 11) is -3.53. The second kappa shape index (κ2) is 9.52. The van der Waals surface area contributed by atoms with Gasteiger partial charge in [-0.05, 0) is 49.2 Å². The standard InChI is InChI=1S/C26H24N2O6S/c29-24(27-18-11-13-19(14-12-18)35(31,32)28-15-5-6-16-28)17-33-26(30)25-20-7-1-3-9-22(20)34-23-10-4-2-8-21(23)25/h1-4,7-14,25H,5-6,15-17H2,(H,27,29). The molecule has 2 aliphatic rings. The zero-order chi connectivity index (χ0) is 24.4. The van der Waals surface area contributed by atoms with Crippen molar-refractivity contribution >= 4 is 27.6 Å². The molecule has 180 valence electrons. The summed E-state index contributed by atoms with van der Waals surface area (Å²) in [6.07, 6.45) is 1.72. The molecule has 0 aliphatic carbocycles. The number of nitrogens with zero attached hydrogens (tertiary/aromatic N) is 1. The van der Waals surface area contributed by atoms with Crippen LogP contribution in [0.25, 0.3) is 0 Å². The van der Waals surface area contributed by atoms with Crippen molar-refractivity contribution in [1.29, 1.82) is 0 Å². The van der Waals surface area contributed by atoms with Gasteiger partial charge in [-0.3, -0.25) is 9.59 Å². The van der Waals surface area contributed by atoms with Gasteiger partial charge in [0.2, 0.25) is 10.0 Å². The van der Waals surface area contributed by atoms with Gasteiger partial charge in [0.25, 0.3) is 5.91 Å². The molecule has 0 saturated carbocycles. The molecule has 3 aromatic carbocycles. The van der Waals surface area contributed by atoms with Crippen LogP contribution in [-0.4, -0.2) is 44.3 Å². The second-order valence-electron chi connectivity index (χ2n) is 8.40. The van der Waals surface area contributed by atoms with E-state index in [0.717, 1.165) is 12.8 Å². The quantitative estimate of drug-likeness (QED) is 0.524. The minimum atomic E-state index is -3.53. The maximum Gasteiger partial charge on any atom is 0.318 e. The van der Waals surface area contributed by atoms with Crippen molar-refractivity contribution in [1.82, 2.24) is 4.31 Å². The van der Waals surface area contributed by atoms with E-state index in [1.54, 1.807) is 24.3 Å². The zero-order valence-electron chi connectivity index (χ0n) is 18.8. The van der Waals surface area contributed by atoms with Crippen molar-refractivity contribution < 1.29 is 27.5 Å². The molecule has 1 fully saturated rings. The Morgan fingerprint density at radius 1 is 0.886 bits per heavy atom. The Morgan fingerprint density at radius 3 is 2.06 bits per heavy atom. The Bertz CT molecular complexity index is 1320. The van der Waals surface area contributed by atoms with E-state index in [1.165, 1.54) is 28.6 Å². The summed E-state index contributed by atoms with van der Waals surface area (Å²) in [5.41, 5.74) is 1.76. The van der Waals surface area contributed by atoms with Crippen LogP contribution in [0.4, 0.5) is 5.69 Å². The summed E-state index contributed by atoms with van der Waals surface area (Å²) in [6.45, 7) is 0.566. The van der Waals surface area contributed by atoms with Gasteiger partial charge in [0.1, 0.15) is 17.4 Å². The van der Waals surface area contributed by atoms with Crippen molar-refractivity contribution in [3.05, 3.63) is 83.9 Å². The van der Waals surface area contributed by atoms with Crippen molar-refractivity contribution in [2.24, 2.45) is 0 Å². The van der Waals surface area contributed by atoms with Crippen LogP contribution < -0.4 is 10.1 Å². The number of rotatable bonds is 6. The number of fused-ring (bicyclic) bond motifs is 2. The lowest BCUT2D eigenvalue weighted by Gasteiger charge is -2.26. The van der Waals surface area contributed by atoms with Crippen LogP contribution in [0.1, 0.15) is 29.9 Å². The van der Waals surface area contributed by atoms with E-state index in [0.29, 0.717) is 41.4 Å². The Kier molecular flexibility index (Phi) is 6.27. The van der Waals surface area contributed by atoms with Gasteiger partial charge in [0.15, 0.2) is 6.61 Å². The first-order valence-corrected chi connectivity index (χ1v) is 12.8.